The fourth-order valence-corrected chi connectivity index (χ4v) is 5.14. The molecule has 1 atom stereocenters. The zero-order valence-corrected chi connectivity index (χ0v) is 19.7. The Morgan fingerprint density at radius 2 is 1.82 bits per heavy atom. The van der Waals surface area contributed by atoms with Crippen molar-refractivity contribution in [3.05, 3.63) is 76.6 Å². The number of halogens is 2. The lowest BCUT2D eigenvalue weighted by Crippen LogP contribution is -2.05. The molecule has 0 radical (unpaired) electrons. The van der Waals surface area contributed by atoms with E-state index in [0.717, 1.165) is 61.9 Å². The van der Waals surface area contributed by atoms with Gasteiger partial charge in [0.2, 0.25) is 0 Å². The van der Waals surface area contributed by atoms with Crippen LogP contribution in [0.5, 0.6) is 0 Å². The minimum Gasteiger partial charge on any atom is -0.327 e. The van der Waals surface area contributed by atoms with Gasteiger partial charge in [-0.15, -0.1) is 0 Å². The van der Waals surface area contributed by atoms with Crippen molar-refractivity contribution >= 4 is 5.78 Å². The summed E-state index contributed by atoms with van der Waals surface area (Å²) in [5.74, 6) is 0.302. The Hall–Kier alpha value is -2.82. The van der Waals surface area contributed by atoms with E-state index in [2.05, 4.69) is 43.1 Å². The first kappa shape index (κ1) is 23.3. The van der Waals surface area contributed by atoms with Crippen molar-refractivity contribution in [1.29, 1.82) is 0 Å². The zero-order chi connectivity index (χ0) is 23.5. The number of benzene rings is 2. The second-order valence-electron chi connectivity index (χ2n) is 9.47. The van der Waals surface area contributed by atoms with Crippen molar-refractivity contribution in [2.24, 2.45) is 5.92 Å². The van der Waals surface area contributed by atoms with E-state index in [0.29, 0.717) is 17.1 Å². The number of aryl methyl sites for hydroxylation is 1. The maximum Gasteiger partial charge on any atom is 0.179 e. The fraction of sp³-hybridized carbons (Fsp3) is 0.429. The number of nitrogens with zero attached hydrogens (tertiary/aromatic N) is 2. The maximum atomic E-state index is 13.5. The number of carbonyl (C=O) groups is 1. The van der Waals surface area contributed by atoms with Crippen molar-refractivity contribution in [1.82, 2.24) is 9.55 Å². The fourth-order valence-electron chi connectivity index (χ4n) is 5.14. The molecule has 5 heteroatoms. The van der Waals surface area contributed by atoms with Gasteiger partial charge in [0, 0.05) is 24.7 Å². The Bertz CT molecular complexity index is 1150. The molecule has 0 amide bonds. The minimum atomic E-state index is -0.900. The van der Waals surface area contributed by atoms with Crippen LogP contribution in [0.3, 0.4) is 0 Å². The van der Waals surface area contributed by atoms with Crippen molar-refractivity contribution in [3.8, 4) is 11.4 Å². The van der Waals surface area contributed by atoms with Crippen LogP contribution in [0, 0.1) is 17.6 Å². The number of imidazole rings is 1. The van der Waals surface area contributed by atoms with Crippen LogP contribution in [0.25, 0.3) is 11.4 Å². The van der Waals surface area contributed by atoms with Crippen LogP contribution in [0.4, 0.5) is 8.78 Å². The van der Waals surface area contributed by atoms with Crippen molar-refractivity contribution < 1.29 is 13.6 Å². The predicted octanol–water partition coefficient (Wildman–Crippen LogP) is 7.13. The van der Waals surface area contributed by atoms with Crippen LogP contribution >= 0.6 is 0 Å². The Kier molecular flexibility index (Phi) is 7.06. The summed E-state index contributed by atoms with van der Waals surface area (Å²) in [4.78, 5) is 16.2. The van der Waals surface area contributed by atoms with Gasteiger partial charge in [-0.05, 0) is 73.3 Å². The average molecular weight is 451 g/mol. The second-order valence-corrected chi connectivity index (χ2v) is 9.47. The van der Waals surface area contributed by atoms with Gasteiger partial charge in [-0.3, -0.25) is 4.79 Å². The first-order valence-corrected chi connectivity index (χ1v) is 12.0. The summed E-state index contributed by atoms with van der Waals surface area (Å²) in [6.07, 6.45) is 6.55. The molecule has 0 spiro atoms. The summed E-state index contributed by atoms with van der Waals surface area (Å²) in [6.45, 7) is 6.90. The summed E-state index contributed by atoms with van der Waals surface area (Å²) in [6, 6.07) is 12.6. The molecule has 1 aliphatic carbocycles. The summed E-state index contributed by atoms with van der Waals surface area (Å²) in [5.41, 5.74) is 5.06. The van der Waals surface area contributed by atoms with E-state index in [4.69, 9.17) is 0 Å². The van der Waals surface area contributed by atoms with E-state index in [-0.39, 0.29) is 5.78 Å². The first-order valence-electron chi connectivity index (χ1n) is 12.0. The standard InChI is InChI=1S/C16H16F2N2O.C12H16/c1-10(21)15-14-5-3-2-4-8-20(14)16(19-15)11-6-7-12(17)13(18)9-11;1-9(2)11-8-7-10-5-3-4-6-12(10)11/h6-7,9H,2-5,8H2,1H3;3-6,9,11H,7-8H2,1-2H3. The van der Waals surface area contributed by atoms with Gasteiger partial charge in [-0.25, -0.2) is 13.8 Å². The quantitative estimate of drug-likeness (QED) is 0.398. The highest BCUT2D eigenvalue weighted by Gasteiger charge is 2.24. The van der Waals surface area contributed by atoms with Gasteiger partial charge in [-0.2, -0.15) is 0 Å². The highest BCUT2D eigenvalue weighted by Crippen LogP contribution is 2.37. The Morgan fingerprint density at radius 1 is 1.03 bits per heavy atom. The lowest BCUT2D eigenvalue weighted by molar-refractivity contribution is 0.101. The molecule has 0 N–H and O–H groups in total. The summed E-state index contributed by atoms with van der Waals surface area (Å²) < 4.78 is 28.5. The monoisotopic (exact) mass is 450 g/mol. The number of hydrogen-bond donors (Lipinski definition) is 0. The Balaban J connectivity index is 0.000000183. The Morgan fingerprint density at radius 3 is 2.55 bits per heavy atom. The SMILES string of the molecule is CC(=O)c1nc(-c2ccc(F)c(F)c2)n2c1CCCCC2.CC(C)C1CCc2ccccc21. The molecule has 5 rings (SSSR count). The summed E-state index contributed by atoms with van der Waals surface area (Å²) >= 11 is 0. The molecule has 0 fully saturated rings. The van der Waals surface area contributed by atoms with Gasteiger partial charge < -0.3 is 4.57 Å². The van der Waals surface area contributed by atoms with E-state index in [1.165, 1.54) is 25.8 Å². The van der Waals surface area contributed by atoms with Crippen molar-refractivity contribution in [3.63, 3.8) is 0 Å². The van der Waals surface area contributed by atoms with Crippen LogP contribution in [-0.2, 0) is 19.4 Å². The molecule has 1 unspecified atom stereocenters. The third kappa shape index (κ3) is 4.92. The average Bonchev–Trinajstić information content (AvgIpc) is 3.30. The lowest BCUT2D eigenvalue weighted by atomic mass is 9.90. The number of rotatable bonds is 3. The highest BCUT2D eigenvalue weighted by molar-refractivity contribution is 5.94. The van der Waals surface area contributed by atoms with E-state index in [1.54, 1.807) is 11.1 Å². The molecule has 0 saturated carbocycles. The van der Waals surface area contributed by atoms with E-state index in [1.807, 2.05) is 4.57 Å². The van der Waals surface area contributed by atoms with Crippen LogP contribution in [0.1, 0.15) is 79.7 Å². The number of aromatic nitrogens is 2. The molecule has 2 heterocycles. The van der Waals surface area contributed by atoms with Gasteiger partial charge in [0.1, 0.15) is 11.5 Å². The number of Topliss-reactive ketones (excluding diaryl/α,β-unsaturated/α-hetero) is 1. The topological polar surface area (TPSA) is 34.9 Å². The second kappa shape index (κ2) is 9.98. The van der Waals surface area contributed by atoms with Crippen LogP contribution in [0.2, 0.25) is 0 Å². The smallest absolute Gasteiger partial charge is 0.179 e. The number of ketones is 1. The molecule has 1 aromatic heterocycles. The molecule has 3 nitrogen and oxygen atoms in total. The van der Waals surface area contributed by atoms with Gasteiger partial charge in [-0.1, -0.05) is 44.5 Å². The van der Waals surface area contributed by atoms with Gasteiger partial charge in [0.05, 0.1) is 0 Å². The van der Waals surface area contributed by atoms with E-state index >= 15 is 0 Å². The molecule has 33 heavy (non-hydrogen) atoms. The summed E-state index contributed by atoms with van der Waals surface area (Å²) in [7, 11) is 0. The molecule has 174 valence electrons. The maximum absolute atomic E-state index is 13.5. The van der Waals surface area contributed by atoms with Gasteiger partial charge >= 0.3 is 0 Å². The molecule has 1 aliphatic heterocycles. The molecule has 3 aromatic rings. The van der Waals surface area contributed by atoms with Crippen LogP contribution < -0.4 is 0 Å². The predicted molar refractivity (Wildman–Crippen MR) is 127 cm³/mol. The van der Waals surface area contributed by atoms with Crippen LogP contribution in [0.15, 0.2) is 42.5 Å². The lowest BCUT2D eigenvalue weighted by Gasteiger charge is -2.14. The van der Waals surface area contributed by atoms with E-state index in [9.17, 15) is 13.6 Å². The summed E-state index contributed by atoms with van der Waals surface area (Å²) in [5, 5.41) is 0. The highest BCUT2D eigenvalue weighted by atomic mass is 19.2. The first-order chi connectivity index (χ1) is 15.9. The number of hydrogen-bond acceptors (Lipinski definition) is 2. The van der Waals surface area contributed by atoms with Crippen LogP contribution in [-0.4, -0.2) is 15.3 Å². The van der Waals surface area contributed by atoms with Gasteiger partial charge in [0.25, 0.3) is 0 Å². The number of fused-ring (bicyclic) bond motifs is 2. The van der Waals surface area contributed by atoms with Gasteiger partial charge in [0.15, 0.2) is 17.4 Å². The number of carbonyl (C=O) groups excluding carboxylic acids is 1. The largest absolute Gasteiger partial charge is 0.327 e. The van der Waals surface area contributed by atoms with Crippen molar-refractivity contribution in [2.75, 3.05) is 0 Å². The van der Waals surface area contributed by atoms with Crippen molar-refractivity contribution in [2.45, 2.75) is 71.8 Å². The normalized spacial score (nSPS) is 17.1. The third-order valence-electron chi connectivity index (χ3n) is 6.86. The molecule has 2 aromatic carbocycles. The molecule has 0 bridgehead atoms. The van der Waals surface area contributed by atoms with E-state index < -0.39 is 11.6 Å². The molecular formula is C28H32F2N2O. The Labute approximate surface area is 194 Å². The molecule has 2 aliphatic rings. The minimum absolute atomic E-state index is 0.0884. The zero-order valence-electron chi connectivity index (χ0n) is 19.7. The molecule has 0 saturated heterocycles. The third-order valence-corrected chi connectivity index (χ3v) is 6.86. The molecular weight excluding hydrogens is 418 g/mol.